The van der Waals surface area contributed by atoms with Crippen LogP contribution >= 0.6 is 0 Å². The van der Waals surface area contributed by atoms with Crippen molar-refractivity contribution in [2.24, 2.45) is 11.8 Å². The van der Waals surface area contributed by atoms with Gasteiger partial charge >= 0.3 is 0 Å². The van der Waals surface area contributed by atoms with E-state index in [9.17, 15) is 28.8 Å². The minimum Gasteiger partial charge on any atom is -0.497 e. The quantitative estimate of drug-likeness (QED) is 0.149. The van der Waals surface area contributed by atoms with Crippen LogP contribution in [0.4, 0.5) is 4.39 Å². The molecule has 59 heavy (non-hydrogen) atoms. The van der Waals surface area contributed by atoms with E-state index in [1.807, 2.05) is 52.0 Å². The Morgan fingerprint density at radius 2 is 1.39 bits per heavy atom. The summed E-state index contributed by atoms with van der Waals surface area (Å²) in [4.78, 5) is 88.6. The molecule has 3 aromatic carbocycles. The standard InChI is InChI=1S/C44H54FN7O7/c1-25(2)19-35-42(56)50-36(20-28-15-17-30(59-6)18-16-28)41(55)47-27(5)40(54)51-38(26(3)4)23-52(44(58)32-12-7-9-13-33(32)45)24-39(53)48-37(43(57)49-35)21-29-22-46-34-14-10-8-11-31(29)34/h7-18,22,25-27,35-38,46H,19-21,23-24H2,1-6H3,(H,47,55)(H,48,53)(H,49,57)(H,50,56)(H,51,54)/t27-,35+,36+,37-,38-/m1/s1. The Morgan fingerprint density at radius 3 is 2.07 bits per heavy atom. The summed E-state index contributed by atoms with van der Waals surface area (Å²) in [6.45, 7) is 8.05. The summed E-state index contributed by atoms with van der Waals surface area (Å²) in [7, 11) is 1.53. The van der Waals surface area contributed by atoms with Crippen molar-refractivity contribution in [2.45, 2.75) is 84.1 Å². The van der Waals surface area contributed by atoms with Gasteiger partial charge in [-0.25, -0.2) is 4.39 Å². The van der Waals surface area contributed by atoms with E-state index < -0.39 is 78.0 Å². The van der Waals surface area contributed by atoms with Gasteiger partial charge in [-0.2, -0.15) is 0 Å². The number of nitrogens with one attached hydrogen (secondary N) is 6. The zero-order valence-corrected chi connectivity index (χ0v) is 34.3. The molecule has 15 heteroatoms. The molecule has 5 atom stereocenters. The first-order valence-electron chi connectivity index (χ1n) is 19.9. The van der Waals surface area contributed by atoms with Crippen LogP contribution in [0.1, 0.15) is 62.5 Å². The van der Waals surface area contributed by atoms with Crippen LogP contribution in [-0.4, -0.2) is 95.7 Å². The van der Waals surface area contributed by atoms with Gasteiger partial charge in [0.05, 0.1) is 19.2 Å². The van der Waals surface area contributed by atoms with Crippen molar-refractivity contribution in [1.82, 2.24) is 36.5 Å². The maximum Gasteiger partial charge on any atom is 0.257 e. The number of halogens is 1. The first kappa shape index (κ1) is 43.9. The molecular formula is C44H54FN7O7. The second-order valence-electron chi connectivity index (χ2n) is 15.7. The van der Waals surface area contributed by atoms with Gasteiger partial charge in [0.2, 0.25) is 29.5 Å². The van der Waals surface area contributed by atoms with E-state index in [4.69, 9.17) is 4.74 Å². The number of amides is 6. The highest BCUT2D eigenvalue weighted by Crippen LogP contribution is 2.20. The molecule has 6 amide bonds. The average Bonchev–Trinajstić information content (AvgIpc) is 3.61. The number of rotatable bonds is 9. The average molecular weight is 812 g/mol. The molecule has 1 fully saturated rings. The summed E-state index contributed by atoms with van der Waals surface area (Å²) < 4.78 is 20.3. The van der Waals surface area contributed by atoms with E-state index in [0.717, 1.165) is 21.9 Å². The van der Waals surface area contributed by atoms with Crippen LogP contribution in [0.5, 0.6) is 5.75 Å². The lowest BCUT2D eigenvalue weighted by Crippen LogP contribution is -2.60. The summed E-state index contributed by atoms with van der Waals surface area (Å²) in [5.74, 6) is -4.66. The van der Waals surface area contributed by atoms with Gasteiger partial charge in [0.25, 0.3) is 5.91 Å². The number of hydrogen-bond acceptors (Lipinski definition) is 7. The lowest BCUT2D eigenvalue weighted by molar-refractivity contribution is -0.135. The summed E-state index contributed by atoms with van der Waals surface area (Å²) in [5, 5.41) is 14.9. The topological polar surface area (TPSA) is 191 Å². The van der Waals surface area contributed by atoms with E-state index in [1.54, 1.807) is 30.5 Å². The van der Waals surface area contributed by atoms with Gasteiger partial charge in [0.15, 0.2) is 0 Å². The van der Waals surface area contributed by atoms with E-state index in [1.165, 1.54) is 32.2 Å². The molecule has 0 bridgehead atoms. The van der Waals surface area contributed by atoms with Gasteiger partial charge in [-0.3, -0.25) is 28.8 Å². The molecular weight excluding hydrogens is 758 g/mol. The molecule has 0 saturated carbocycles. The third-order valence-corrected chi connectivity index (χ3v) is 10.4. The van der Waals surface area contributed by atoms with E-state index in [2.05, 4.69) is 31.6 Å². The van der Waals surface area contributed by atoms with E-state index in [-0.39, 0.29) is 43.2 Å². The predicted molar refractivity (Wildman–Crippen MR) is 221 cm³/mol. The van der Waals surface area contributed by atoms with Crippen LogP contribution in [0.2, 0.25) is 0 Å². The third kappa shape index (κ3) is 11.7. The Labute approximate surface area is 343 Å². The lowest BCUT2D eigenvalue weighted by Gasteiger charge is -2.32. The highest BCUT2D eigenvalue weighted by molar-refractivity contribution is 5.99. The highest BCUT2D eigenvalue weighted by Gasteiger charge is 2.34. The van der Waals surface area contributed by atoms with Crippen LogP contribution in [-0.2, 0) is 36.8 Å². The molecule has 0 spiro atoms. The lowest BCUT2D eigenvalue weighted by atomic mass is 9.99. The van der Waals surface area contributed by atoms with Crippen molar-refractivity contribution in [3.05, 3.63) is 102 Å². The minimum absolute atomic E-state index is 0.00390. The monoisotopic (exact) mass is 811 g/mol. The van der Waals surface area contributed by atoms with Crippen LogP contribution in [0.15, 0.2) is 79.0 Å². The van der Waals surface area contributed by atoms with Gasteiger partial charge in [0, 0.05) is 42.5 Å². The molecule has 6 N–H and O–H groups in total. The molecule has 1 saturated heterocycles. The number of carbonyl (C=O) groups excluding carboxylic acids is 6. The molecule has 14 nitrogen and oxygen atoms in total. The smallest absolute Gasteiger partial charge is 0.257 e. The largest absolute Gasteiger partial charge is 0.497 e. The van der Waals surface area contributed by atoms with Gasteiger partial charge < -0.3 is 41.2 Å². The molecule has 1 aliphatic rings. The summed E-state index contributed by atoms with van der Waals surface area (Å²) >= 11 is 0. The summed E-state index contributed by atoms with van der Waals surface area (Å²) in [6, 6.07) is 14.4. The van der Waals surface area contributed by atoms with E-state index in [0.29, 0.717) is 16.9 Å². The molecule has 314 valence electrons. The first-order chi connectivity index (χ1) is 28.1. The SMILES string of the molecule is COc1ccc(C[C@@H]2NC(=O)[C@H](CC(C)C)NC(=O)[C@@H](Cc3c[nH]c4ccccc34)NC(=O)CN(C(=O)c3ccccc3F)C[C@H](C(C)C)NC(=O)[C@@H](C)NC2=O)cc1. The molecule has 5 rings (SSSR count). The van der Waals surface area contributed by atoms with Crippen LogP contribution in [0, 0.1) is 17.7 Å². The molecule has 2 heterocycles. The minimum atomic E-state index is -1.24. The molecule has 0 aliphatic carbocycles. The van der Waals surface area contributed by atoms with Gasteiger partial charge in [-0.05, 0) is 66.6 Å². The van der Waals surface area contributed by atoms with E-state index >= 15 is 4.39 Å². The molecule has 0 radical (unpaired) electrons. The van der Waals surface area contributed by atoms with Crippen molar-refractivity contribution >= 4 is 46.3 Å². The van der Waals surface area contributed by atoms with Crippen molar-refractivity contribution < 1.29 is 37.9 Å². The Bertz CT molecular complexity index is 2140. The fourth-order valence-electron chi connectivity index (χ4n) is 6.97. The number of H-pyrrole nitrogens is 1. The maximum absolute atomic E-state index is 15.1. The number of fused-ring (bicyclic) bond motifs is 1. The first-order valence-corrected chi connectivity index (χ1v) is 19.9. The number of benzene rings is 3. The van der Waals surface area contributed by atoms with Crippen molar-refractivity contribution in [3.8, 4) is 5.75 Å². The Kier molecular flexibility index (Phi) is 14.8. The number of hydrogen-bond donors (Lipinski definition) is 6. The summed E-state index contributed by atoms with van der Waals surface area (Å²) in [5.41, 5.74) is 1.93. The van der Waals surface area contributed by atoms with Gasteiger partial charge in [0.1, 0.15) is 35.7 Å². The normalized spacial score (nSPS) is 21.5. The van der Waals surface area contributed by atoms with Gasteiger partial charge in [-0.1, -0.05) is 70.2 Å². The van der Waals surface area contributed by atoms with Gasteiger partial charge in [-0.15, -0.1) is 0 Å². The number of ether oxygens (including phenoxy) is 1. The van der Waals surface area contributed by atoms with Crippen LogP contribution in [0.25, 0.3) is 10.9 Å². The predicted octanol–water partition coefficient (Wildman–Crippen LogP) is 3.40. The third-order valence-electron chi connectivity index (χ3n) is 10.4. The highest BCUT2D eigenvalue weighted by atomic mass is 19.1. The second-order valence-corrected chi connectivity index (χ2v) is 15.7. The zero-order valence-electron chi connectivity index (χ0n) is 34.3. The Hall–Kier alpha value is -6.25. The fraction of sp³-hybridized carbons (Fsp3) is 0.409. The van der Waals surface area contributed by atoms with Crippen molar-refractivity contribution in [2.75, 3.05) is 20.2 Å². The Balaban J connectivity index is 1.56. The number of para-hydroxylation sites is 1. The second kappa shape index (κ2) is 19.9. The number of nitrogens with zero attached hydrogens (tertiary/aromatic N) is 1. The zero-order chi connectivity index (χ0) is 42.8. The molecule has 1 aliphatic heterocycles. The fourth-order valence-corrected chi connectivity index (χ4v) is 6.97. The molecule has 0 unspecified atom stereocenters. The van der Waals surface area contributed by atoms with Crippen molar-refractivity contribution in [3.63, 3.8) is 0 Å². The number of aromatic nitrogens is 1. The molecule has 4 aromatic rings. The van der Waals surface area contributed by atoms with Crippen LogP contribution in [0.3, 0.4) is 0 Å². The number of methoxy groups -OCH3 is 1. The number of carbonyl (C=O) groups is 6. The van der Waals surface area contributed by atoms with Crippen LogP contribution < -0.4 is 31.3 Å². The number of aromatic amines is 1. The Morgan fingerprint density at radius 1 is 0.763 bits per heavy atom. The summed E-state index contributed by atoms with van der Waals surface area (Å²) in [6.07, 6.45) is 1.97. The maximum atomic E-state index is 15.1. The molecule has 1 aromatic heterocycles. The van der Waals surface area contributed by atoms with Crippen molar-refractivity contribution in [1.29, 1.82) is 0 Å².